The van der Waals surface area contributed by atoms with E-state index >= 15 is 0 Å². The summed E-state index contributed by atoms with van der Waals surface area (Å²) in [6.07, 6.45) is 53.8. The molecular weight excluding hydrogens is 817 g/mol. The molecule has 0 saturated heterocycles. The molecule has 1 atom stereocenters. The molecule has 0 aromatic rings. The van der Waals surface area contributed by atoms with Gasteiger partial charge in [0.25, 0.3) is 0 Å². The molecule has 0 spiro atoms. The van der Waals surface area contributed by atoms with Crippen LogP contribution in [0.3, 0.4) is 0 Å². The van der Waals surface area contributed by atoms with Crippen molar-refractivity contribution in [1.82, 2.24) is 0 Å². The average Bonchev–Trinajstić information content (AvgIpc) is 3.28. The maximum absolute atomic E-state index is 12.8. The largest absolute Gasteiger partial charge is 0.462 e. The van der Waals surface area contributed by atoms with Crippen molar-refractivity contribution in [3.63, 3.8) is 0 Å². The lowest BCUT2D eigenvalue weighted by molar-refractivity contribution is -0.167. The van der Waals surface area contributed by atoms with Gasteiger partial charge in [-0.1, -0.05) is 292 Å². The zero-order valence-electron chi connectivity index (χ0n) is 45.5. The molecule has 66 heavy (non-hydrogen) atoms. The van der Waals surface area contributed by atoms with Crippen LogP contribution in [0.4, 0.5) is 0 Å². The van der Waals surface area contributed by atoms with E-state index in [0.717, 1.165) is 75.5 Å². The van der Waals surface area contributed by atoms with Gasteiger partial charge in [0.2, 0.25) is 0 Å². The smallest absolute Gasteiger partial charge is 0.306 e. The van der Waals surface area contributed by atoms with Crippen molar-refractivity contribution in [1.29, 1.82) is 0 Å². The molecule has 0 unspecified atom stereocenters. The molecule has 0 bridgehead atoms. The molecule has 0 radical (unpaired) electrons. The van der Waals surface area contributed by atoms with Crippen LogP contribution in [-0.4, -0.2) is 37.2 Å². The average molecular weight is 934 g/mol. The van der Waals surface area contributed by atoms with Gasteiger partial charge in [-0.3, -0.25) is 14.4 Å². The Labute approximate surface area is 412 Å². The third-order valence-corrected chi connectivity index (χ3v) is 13.6. The zero-order valence-corrected chi connectivity index (χ0v) is 45.5. The first-order chi connectivity index (χ1) is 32.1. The predicted molar refractivity (Wildman–Crippen MR) is 284 cm³/mol. The Hall–Kier alpha value is -1.59. The van der Waals surface area contributed by atoms with Gasteiger partial charge in [-0.05, 0) is 37.0 Å². The molecule has 0 aliphatic carbocycles. The minimum absolute atomic E-state index is 0.0633. The second-order valence-corrected chi connectivity index (χ2v) is 22.1. The number of hydrogen-bond donors (Lipinski definition) is 0. The molecular formula is C60H116O6. The minimum atomic E-state index is -0.764. The molecule has 0 aliphatic rings. The summed E-state index contributed by atoms with van der Waals surface area (Å²) in [7, 11) is 0. The quantitative estimate of drug-likeness (QED) is 0.0343. The molecule has 0 aromatic carbocycles. The molecule has 0 aliphatic heterocycles. The van der Waals surface area contributed by atoms with Crippen molar-refractivity contribution in [3.05, 3.63) is 0 Å². The molecule has 0 fully saturated rings. The SMILES string of the molecule is CC(C)CCCCCCCCCCCCCCCCCCC(=O)OC[C@@H](COC(=O)CCCCCCCCCCCCCCC(C)C)OC(=O)CCCCCCCCCCCCCC(C)C. The lowest BCUT2D eigenvalue weighted by Crippen LogP contribution is -2.30. The summed E-state index contributed by atoms with van der Waals surface area (Å²) in [5, 5.41) is 0. The van der Waals surface area contributed by atoms with Gasteiger partial charge < -0.3 is 14.2 Å². The fourth-order valence-corrected chi connectivity index (χ4v) is 9.18. The summed E-state index contributed by atoms with van der Waals surface area (Å²) in [5.74, 6) is 1.67. The van der Waals surface area contributed by atoms with Gasteiger partial charge in [-0.2, -0.15) is 0 Å². The maximum Gasteiger partial charge on any atom is 0.306 e. The Balaban J connectivity index is 4.28. The van der Waals surface area contributed by atoms with Crippen LogP contribution in [0.1, 0.15) is 330 Å². The highest BCUT2D eigenvalue weighted by Gasteiger charge is 2.19. The van der Waals surface area contributed by atoms with E-state index in [4.69, 9.17) is 14.2 Å². The van der Waals surface area contributed by atoms with Crippen LogP contribution in [0.15, 0.2) is 0 Å². The van der Waals surface area contributed by atoms with Gasteiger partial charge in [0.05, 0.1) is 0 Å². The molecule has 0 saturated carbocycles. The van der Waals surface area contributed by atoms with Gasteiger partial charge in [-0.25, -0.2) is 0 Å². The van der Waals surface area contributed by atoms with Crippen molar-refractivity contribution >= 4 is 17.9 Å². The Morgan fingerprint density at radius 1 is 0.258 bits per heavy atom. The second-order valence-electron chi connectivity index (χ2n) is 22.1. The summed E-state index contributed by atoms with van der Waals surface area (Å²) in [5.41, 5.74) is 0. The third-order valence-electron chi connectivity index (χ3n) is 13.6. The Morgan fingerprint density at radius 2 is 0.439 bits per heavy atom. The number of unbranched alkanes of at least 4 members (excludes halogenated alkanes) is 36. The third kappa shape index (κ3) is 53.4. The fraction of sp³-hybridized carbons (Fsp3) is 0.950. The summed E-state index contributed by atoms with van der Waals surface area (Å²) in [6.45, 7) is 13.8. The normalized spacial score (nSPS) is 12.1. The maximum atomic E-state index is 12.8. The zero-order chi connectivity index (χ0) is 48.4. The van der Waals surface area contributed by atoms with Crippen molar-refractivity contribution in [2.75, 3.05) is 13.2 Å². The van der Waals surface area contributed by atoms with Gasteiger partial charge >= 0.3 is 17.9 Å². The molecule has 6 heteroatoms. The van der Waals surface area contributed by atoms with Crippen LogP contribution in [0, 0.1) is 17.8 Å². The van der Waals surface area contributed by atoms with E-state index in [0.29, 0.717) is 19.3 Å². The second kappa shape index (κ2) is 51.3. The molecule has 0 rings (SSSR count). The van der Waals surface area contributed by atoms with E-state index in [1.165, 1.54) is 212 Å². The van der Waals surface area contributed by atoms with E-state index in [1.54, 1.807) is 0 Å². The Bertz CT molecular complexity index is 1020. The summed E-state index contributed by atoms with van der Waals surface area (Å²) in [6, 6.07) is 0. The van der Waals surface area contributed by atoms with Crippen molar-refractivity contribution in [3.8, 4) is 0 Å². The molecule has 0 N–H and O–H groups in total. The molecule has 0 heterocycles. The highest BCUT2D eigenvalue weighted by molar-refractivity contribution is 5.71. The monoisotopic (exact) mass is 933 g/mol. The number of hydrogen-bond acceptors (Lipinski definition) is 6. The highest BCUT2D eigenvalue weighted by Crippen LogP contribution is 2.19. The van der Waals surface area contributed by atoms with Crippen molar-refractivity contribution in [2.45, 2.75) is 337 Å². The first-order valence-corrected chi connectivity index (χ1v) is 29.6. The minimum Gasteiger partial charge on any atom is -0.462 e. The summed E-state index contributed by atoms with van der Waals surface area (Å²) in [4.78, 5) is 38.2. The van der Waals surface area contributed by atoms with Gasteiger partial charge in [0, 0.05) is 19.3 Å². The first-order valence-electron chi connectivity index (χ1n) is 29.6. The molecule has 392 valence electrons. The number of esters is 3. The van der Waals surface area contributed by atoms with Crippen LogP contribution < -0.4 is 0 Å². The number of carbonyl (C=O) groups is 3. The fourth-order valence-electron chi connectivity index (χ4n) is 9.18. The number of ether oxygens (including phenoxy) is 3. The molecule has 0 aromatic heterocycles. The lowest BCUT2D eigenvalue weighted by atomic mass is 10.0. The van der Waals surface area contributed by atoms with Crippen LogP contribution in [-0.2, 0) is 28.6 Å². The van der Waals surface area contributed by atoms with Crippen LogP contribution in [0.2, 0.25) is 0 Å². The Morgan fingerprint density at radius 3 is 0.652 bits per heavy atom. The summed E-state index contributed by atoms with van der Waals surface area (Å²) >= 11 is 0. The highest BCUT2D eigenvalue weighted by atomic mass is 16.6. The first kappa shape index (κ1) is 64.4. The van der Waals surface area contributed by atoms with Gasteiger partial charge in [0.15, 0.2) is 6.10 Å². The summed E-state index contributed by atoms with van der Waals surface area (Å²) < 4.78 is 16.9. The van der Waals surface area contributed by atoms with Gasteiger partial charge in [-0.15, -0.1) is 0 Å². The van der Waals surface area contributed by atoms with E-state index < -0.39 is 6.10 Å². The predicted octanol–water partition coefficient (Wildman–Crippen LogP) is 19.5. The molecule has 0 amide bonds. The van der Waals surface area contributed by atoms with Gasteiger partial charge in [0.1, 0.15) is 13.2 Å². The van der Waals surface area contributed by atoms with E-state index in [9.17, 15) is 14.4 Å². The van der Waals surface area contributed by atoms with Crippen LogP contribution in [0.5, 0.6) is 0 Å². The lowest BCUT2D eigenvalue weighted by Gasteiger charge is -2.18. The van der Waals surface area contributed by atoms with E-state index in [1.807, 2.05) is 0 Å². The van der Waals surface area contributed by atoms with Crippen LogP contribution in [0.25, 0.3) is 0 Å². The number of rotatable bonds is 53. The van der Waals surface area contributed by atoms with Crippen LogP contribution >= 0.6 is 0 Å². The number of carbonyl (C=O) groups excluding carboxylic acids is 3. The topological polar surface area (TPSA) is 78.9 Å². The van der Waals surface area contributed by atoms with Crippen molar-refractivity contribution < 1.29 is 28.6 Å². The Kier molecular flexibility index (Phi) is 50.0. The molecule has 6 nitrogen and oxygen atoms in total. The van der Waals surface area contributed by atoms with E-state index in [2.05, 4.69) is 41.5 Å². The van der Waals surface area contributed by atoms with E-state index in [-0.39, 0.29) is 31.1 Å². The van der Waals surface area contributed by atoms with Crippen molar-refractivity contribution in [2.24, 2.45) is 17.8 Å². The standard InChI is InChI=1S/C60H116O6/c1-54(2)46-40-34-28-22-16-11-9-7-8-10-12-19-25-31-37-43-49-58(61)64-52-57(66-60(63)51-45-39-33-27-21-15-18-24-30-36-42-48-56(5)6)53-65-59(62)50-44-38-32-26-20-14-13-17-23-29-35-41-47-55(3)4/h54-57H,7-53H2,1-6H3/t57-/m0/s1.